The molecule has 1 aromatic carbocycles. The summed E-state index contributed by atoms with van der Waals surface area (Å²) in [4.78, 5) is 35.6. The van der Waals surface area contributed by atoms with E-state index >= 15 is 0 Å². The predicted molar refractivity (Wildman–Crippen MR) is 80.2 cm³/mol. The molecule has 0 aliphatic carbocycles. The predicted octanol–water partition coefficient (Wildman–Crippen LogP) is 2.99. The topological polar surface area (TPSA) is 79.9 Å². The second-order valence-electron chi connectivity index (χ2n) is 5.02. The molecular formula is C17H12F2N2O3. The van der Waals surface area contributed by atoms with E-state index in [9.17, 15) is 13.6 Å². The van der Waals surface area contributed by atoms with E-state index in [0.717, 1.165) is 22.8 Å². The van der Waals surface area contributed by atoms with E-state index in [-0.39, 0.29) is 18.1 Å². The number of halogens is 2. The molecule has 24 heavy (non-hydrogen) atoms. The second kappa shape index (κ2) is 7.39. The number of ketones is 1. The first-order valence-corrected chi connectivity index (χ1v) is 6.87. The first-order valence-electron chi connectivity index (χ1n) is 6.87. The highest BCUT2D eigenvalue weighted by Gasteiger charge is 2.15. The van der Waals surface area contributed by atoms with E-state index in [2.05, 4.69) is 9.97 Å². The minimum atomic E-state index is -1.10. The summed E-state index contributed by atoms with van der Waals surface area (Å²) in [6.45, 7) is 1.91. The molecule has 1 N–H and O–H groups in total. The van der Waals surface area contributed by atoms with Crippen molar-refractivity contribution in [2.75, 3.05) is 0 Å². The van der Waals surface area contributed by atoms with Crippen molar-refractivity contribution >= 4 is 23.0 Å². The highest BCUT2D eigenvalue weighted by molar-refractivity contribution is 5.98. The van der Waals surface area contributed by atoms with E-state index in [1.807, 2.05) is 19.1 Å². The van der Waals surface area contributed by atoms with Crippen molar-refractivity contribution in [2.24, 2.45) is 0 Å². The number of carbonyl (C=O) groups excluding carboxylic acids is 3. The Morgan fingerprint density at radius 3 is 2.67 bits per heavy atom. The number of benzene rings is 1. The van der Waals surface area contributed by atoms with Crippen molar-refractivity contribution in [3.05, 3.63) is 65.0 Å². The Morgan fingerprint density at radius 1 is 1.25 bits per heavy atom. The molecule has 0 fully saturated rings. The van der Waals surface area contributed by atoms with Crippen LogP contribution < -0.4 is 0 Å². The van der Waals surface area contributed by atoms with Gasteiger partial charge in [0.2, 0.25) is 0 Å². The van der Waals surface area contributed by atoms with Crippen LogP contribution in [-0.2, 0) is 16.0 Å². The van der Waals surface area contributed by atoms with Gasteiger partial charge in [-0.2, -0.15) is 9.59 Å². The van der Waals surface area contributed by atoms with E-state index < -0.39 is 17.4 Å². The summed E-state index contributed by atoms with van der Waals surface area (Å²) in [6, 6.07) is 7.33. The number of nitrogens with zero attached hydrogens (tertiary/aromatic N) is 1. The molecule has 0 bridgehead atoms. The fraction of sp³-hybridized carbons (Fsp3) is 0.118. The van der Waals surface area contributed by atoms with Crippen molar-refractivity contribution < 1.29 is 23.2 Å². The Morgan fingerprint density at radius 2 is 1.96 bits per heavy atom. The van der Waals surface area contributed by atoms with Crippen molar-refractivity contribution in [1.82, 2.24) is 9.97 Å². The van der Waals surface area contributed by atoms with Crippen molar-refractivity contribution in [1.29, 1.82) is 0 Å². The molecule has 0 atom stereocenters. The summed E-state index contributed by atoms with van der Waals surface area (Å²) in [5.41, 5.74) is 2.13. The van der Waals surface area contributed by atoms with Crippen LogP contribution >= 0.6 is 0 Å². The molecule has 5 nitrogen and oxygen atoms in total. The number of H-pyrrole nitrogens is 1. The molecule has 2 aromatic heterocycles. The largest absolute Gasteiger partial charge is 0.373 e. The lowest BCUT2D eigenvalue weighted by Crippen LogP contribution is -2.07. The average molecular weight is 330 g/mol. The van der Waals surface area contributed by atoms with E-state index in [1.54, 1.807) is 6.20 Å². The number of fused-ring (bicyclic) bond motifs is 1. The molecule has 0 saturated heterocycles. The maximum Gasteiger partial charge on any atom is 0.373 e. The molecule has 3 rings (SSSR count). The number of aromatic amines is 1. The molecule has 7 heteroatoms. The molecule has 0 amide bonds. The number of pyridine rings is 1. The lowest BCUT2D eigenvalue weighted by molar-refractivity contribution is -0.191. The molecule has 0 aliphatic heterocycles. The van der Waals surface area contributed by atoms with Gasteiger partial charge in [0.1, 0.15) is 5.65 Å². The standard InChI is InChI=1S/C16H12F2N2O.CO2/c1-9-5-11-6-10(8-19-16(11)20-9)7-14(21)12-3-2-4-13(17)15(12)18;2-1-3/h2-6,8H,7H2,1H3,(H,19,20);. The third kappa shape index (κ3) is 3.77. The summed E-state index contributed by atoms with van der Waals surface area (Å²) in [5.74, 6) is -2.59. The Balaban J connectivity index is 0.000000647. The van der Waals surface area contributed by atoms with Crippen molar-refractivity contribution in [3.63, 3.8) is 0 Å². The van der Waals surface area contributed by atoms with E-state index in [4.69, 9.17) is 9.59 Å². The zero-order valence-corrected chi connectivity index (χ0v) is 12.6. The minimum absolute atomic E-state index is 0.0203. The van der Waals surface area contributed by atoms with Gasteiger partial charge < -0.3 is 4.98 Å². The molecule has 122 valence electrons. The van der Waals surface area contributed by atoms with Crippen LogP contribution in [0.5, 0.6) is 0 Å². The average Bonchev–Trinajstić information content (AvgIpc) is 2.90. The van der Waals surface area contributed by atoms with Gasteiger partial charge in [0.25, 0.3) is 0 Å². The lowest BCUT2D eigenvalue weighted by Gasteiger charge is -2.03. The number of hydrogen-bond donors (Lipinski definition) is 1. The molecule has 2 heterocycles. The van der Waals surface area contributed by atoms with E-state index in [0.29, 0.717) is 5.56 Å². The number of carbonyl (C=O) groups is 1. The van der Waals surface area contributed by atoms with Gasteiger partial charge >= 0.3 is 6.15 Å². The number of rotatable bonds is 3. The zero-order chi connectivity index (χ0) is 17.7. The summed E-state index contributed by atoms with van der Waals surface area (Å²) in [6.07, 6.45) is 1.79. The van der Waals surface area contributed by atoms with Gasteiger partial charge in [-0.05, 0) is 36.8 Å². The van der Waals surface area contributed by atoms with Crippen LogP contribution in [0.15, 0.2) is 36.5 Å². The number of aryl methyl sites for hydroxylation is 1. The fourth-order valence-electron chi connectivity index (χ4n) is 2.29. The summed E-state index contributed by atoms with van der Waals surface area (Å²) in [5, 5.41) is 0.887. The Bertz CT molecular complexity index is 929. The third-order valence-corrected chi connectivity index (χ3v) is 3.28. The number of hydrogen-bond acceptors (Lipinski definition) is 4. The van der Waals surface area contributed by atoms with Gasteiger partial charge in [0, 0.05) is 23.7 Å². The molecule has 0 saturated carbocycles. The molecule has 0 spiro atoms. The zero-order valence-electron chi connectivity index (χ0n) is 12.6. The highest BCUT2D eigenvalue weighted by Crippen LogP contribution is 2.17. The summed E-state index contributed by atoms with van der Waals surface area (Å²) in [7, 11) is 0. The molecule has 0 unspecified atom stereocenters. The Hall–Kier alpha value is -3.18. The van der Waals surface area contributed by atoms with Crippen LogP contribution in [-0.4, -0.2) is 21.9 Å². The quantitative estimate of drug-likeness (QED) is 0.749. The maximum absolute atomic E-state index is 13.6. The van der Waals surface area contributed by atoms with Gasteiger partial charge in [-0.3, -0.25) is 4.79 Å². The Kier molecular flexibility index (Phi) is 5.29. The maximum atomic E-state index is 13.6. The number of Topliss-reactive ketones (excluding diaryl/α,β-unsaturated/α-hetero) is 1. The highest BCUT2D eigenvalue weighted by atomic mass is 19.2. The summed E-state index contributed by atoms with van der Waals surface area (Å²) >= 11 is 0. The van der Waals surface area contributed by atoms with Gasteiger partial charge in [0.15, 0.2) is 17.4 Å². The Labute approximate surface area is 135 Å². The smallest absolute Gasteiger partial charge is 0.344 e. The second-order valence-corrected chi connectivity index (χ2v) is 5.02. The lowest BCUT2D eigenvalue weighted by atomic mass is 10.0. The molecular weight excluding hydrogens is 318 g/mol. The van der Waals surface area contributed by atoms with Crippen LogP contribution in [0.4, 0.5) is 8.78 Å². The molecule has 0 radical (unpaired) electrons. The minimum Gasteiger partial charge on any atom is -0.344 e. The van der Waals surface area contributed by atoms with Gasteiger partial charge in [-0.25, -0.2) is 13.8 Å². The van der Waals surface area contributed by atoms with E-state index in [1.165, 1.54) is 12.1 Å². The van der Waals surface area contributed by atoms with Crippen LogP contribution in [0.3, 0.4) is 0 Å². The van der Waals surface area contributed by atoms with Crippen molar-refractivity contribution in [3.8, 4) is 0 Å². The van der Waals surface area contributed by atoms with Crippen LogP contribution in [0.2, 0.25) is 0 Å². The van der Waals surface area contributed by atoms with Crippen LogP contribution in [0, 0.1) is 18.6 Å². The third-order valence-electron chi connectivity index (χ3n) is 3.28. The molecule has 3 aromatic rings. The number of aromatic nitrogens is 2. The normalized spacial score (nSPS) is 9.96. The van der Waals surface area contributed by atoms with Crippen LogP contribution in [0.1, 0.15) is 21.6 Å². The van der Waals surface area contributed by atoms with Gasteiger partial charge in [0.05, 0.1) is 5.56 Å². The van der Waals surface area contributed by atoms with Crippen LogP contribution in [0.25, 0.3) is 11.0 Å². The first-order chi connectivity index (χ1) is 11.5. The monoisotopic (exact) mass is 330 g/mol. The first kappa shape index (κ1) is 17.2. The van der Waals surface area contributed by atoms with Gasteiger partial charge in [-0.15, -0.1) is 0 Å². The van der Waals surface area contributed by atoms with Gasteiger partial charge in [-0.1, -0.05) is 6.07 Å². The SMILES string of the molecule is Cc1cc2cc(CC(=O)c3cccc(F)c3F)cnc2[nH]1.O=C=O. The molecule has 0 aliphatic rings. The fourth-order valence-corrected chi connectivity index (χ4v) is 2.29. The summed E-state index contributed by atoms with van der Waals surface area (Å²) < 4.78 is 26.7. The van der Waals surface area contributed by atoms with Crippen molar-refractivity contribution in [2.45, 2.75) is 13.3 Å². The number of nitrogens with one attached hydrogen (secondary N) is 1.